The molecule has 2 aromatic rings. The average Bonchev–Trinajstić information content (AvgIpc) is 3.23. The van der Waals surface area contributed by atoms with Crippen molar-refractivity contribution in [2.45, 2.75) is 25.9 Å². The average molecular weight is 316 g/mol. The zero-order valence-electron chi connectivity index (χ0n) is 13.0. The highest BCUT2D eigenvalue weighted by Crippen LogP contribution is 2.12. The van der Waals surface area contributed by atoms with Gasteiger partial charge >= 0.3 is 0 Å². The Hall–Kier alpha value is -2.48. The molecule has 3 rings (SSSR count). The summed E-state index contributed by atoms with van der Waals surface area (Å²) < 4.78 is 7.02. The van der Waals surface area contributed by atoms with Crippen molar-refractivity contribution in [3.63, 3.8) is 0 Å². The number of anilines is 1. The van der Waals surface area contributed by atoms with Crippen LogP contribution in [0.1, 0.15) is 18.7 Å². The molecule has 0 radical (unpaired) electrons. The van der Waals surface area contributed by atoms with Gasteiger partial charge in [-0.3, -0.25) is 4.79 Å². The van der Waals surface area contributed by atoms with Crippen LogP contribution in [0.25, 0.3) is 5.82 Å². The summed E-state index contributed by atoms with van der Waals surface area (Å²) in [4.78, 5) is 20.5. The van der Waals surface area contributed by atoms with E-state index in [1.165, 1.54) is 0 Å². The lowest BCUT2D eigenvalue weighted by atomic mass is 10.2. The summed E-state index contributed by atoms with van der Waals surface area (Å²) in [5, 5.41) is 10.2. The fourth-order valence-electron chi connectivity index (χ4n) is 2.44. The number of carbonyl (C=O) groups excluding carboxylic acids is 1. The summed E-state index contributed by atoms with van der Waals surface area (Å²) >= 11 is 0. The monoisotopic (exact) mass is 316 g/mol. The molecule has 23 heavy (non-hydrogen) atoms. The van der Waals surface area contributed by atoms with Gasteiger partial charge in [0.2, 0.25) is 5.91 Å². The Balaban J connectivity index is 1.51. The van der Waals surface area contributed by atoms with Gasteiger partial charge in [-0.15, -0.1) is 0 Å². The van der Waals surface area contributed by atoms with E-state index in [1.807, 2.05) is 25.3 Å². The van der Waals surface area contributed by atoms with Crippen LogP contribution in [0.5, 0.6) is 0 Å². The molecular formula is C15H20N6O2. The number of aryl methyl sites for hydroxylation is 1. The minimum Gasteiger partial charge on any atom is -0.368 e. The van der Waals surface area contributed by atoms with Crippen molar-refractivity contribution < 1.29 is 9.53 Å². The van der Waals surface area contributed by atoms with Crippen LogP contribution in [0.4, 0.5) is 5.82 Å². The summed E-state index contributed by atoms with van der Waals surface area (Å²) in [6.07, 6.45) is 4.99. The van der Waals surface area contributed by atoms with Crippen LogP contribution in [0.3, 0.4) is 0 Å². The number of rotatable bonds is 6. The first-order valence-electron chi connectivity index (χ1n) is 7.71. The van der Waals surface area contributed by atoms with E-state index in [9.17, 15) is 4.79 Å². The Morgan fingerprint density at radius 1 is 1.43 bits per heavy atom. The lowest BCUT2D eigenvalue weighted by Crippen LogP contribution is -2.36. The van der Waals surface area contributed by atoms with Crippen LogP contribution >= 0.6 is 0 Å². The molecule has 122 valence electrons. The molecule has 1 aliphatic rings. The Morgan fingerprint density at radius 2 is 2.35 bits per heavy atom. The van der Waals surface area contributed by atoms with Crippen LogP contribution in [0.2, 0.25) is 0 Å². The van der Waals surface area contributed by atoms with Crippen molar-refractivity contribution in [1.82, 2.24) is 25.1 Å². The van der Waals surface area contributed by atoms with Gasteiger partial charge in [0.25, 0.3) is 0 Å². The molecule has 8 heteroatoms. The van der Waals surface area contributed by atoms with Crippen molar-refractivity contribution in [3.05, 3.63) is 30.4 Å². The standard InChI is InChI=1S/C15H20N6O2/c1-11-19-13(10-14(20-11)21-8-3-5-18-21)16-6-7-17-15(22)12-4-2-9-23-12/h3,5,8,10,12H,2,4,6-7,9H2,1H3,(H,17,22)(H,16,19,20). The second-order valence-electron chi connectivity index (χ2n) is 5.33. The van der Waals surface area contributed by atoms with E-state index >= 15 is 0 Å². The molecule has 1 atom stereocenters. The Morgan fingerprint density at radius 3 is 3.09 bits per heavy atom. The fourth-order valence-corrected chi connectivity index (χ4v) is 2.44. The molecule has 1 amide bonds. The van der Waals surface area contributed by atoms with Gasteiger partial charge in [0.05, 0.1) is 0 Å². The normalized spacial score (nSPS) is 17.2. The number of hydrogen-bond acceptors (Lipinski definition) is 6. The third-order valence-corrected chi connectivity index (χ3v) is 3.52. The molecule has 0 bridgehead atoms. The highest BCUT2D eigenvalue weighted by atomic mass is 16.5. The fraction of sp³-hybridized carbons (Fsp3) is 0.467. The first-order valence-corrected chi connectivity index (χ1v) is 7.71. The van der Waals surface area contributed by atoms with Crippen LogP contribution in [0, 0.1) is 6.92 Å². The second-order valence-corrected chi connectivity index (χ2v) is 5.33. The predicted octanol–water partition coefficient (Wildman–Crippen LogP) is 0.678. The number of carbonyl (C=O) groups is 1. The van der Waals surface area contributed by atoms with Gasteiger partial charge in [0.15, 0.2) is 5.82 Å². The molecular weight excluding hydrogens is 296 g/mol. The summed E-state index contributed by atoms with van der Waals surface area (Å²) in [6.45, 7) is 3.59. The Labute approximate surface area is 134 Å². The molecule has 3 heterocycles. The molecule has 1 saturated heterocycles. The van der Waals surface area contributed by atoms with Crippen LogP contribution in [-0.2, 0) is 9.53 Å². The summed E-state index contributed by atoms with van der Waals surface area (Å²) in [5.74, 6) is 2.02. The maximum absolute atomic E-state index is 11.8. The molecule has 1 unspecified atom stereocenters. The number of amides is 1. The van der Waals surface area contributed by atoms with Gasteiger partial charge in [-0.05, 0) is 25.8 Å². The molecule has 1 aliphatic heterocycles. The molecule has 0 aromatic carbocycles. The van der Waals surface area contributed by atoms with Gasteiger partial charge in [0, 0.05) is 38.2 Å². The first kappa shape index (κ1) is 15.4. The van der Waals surface area contributed by atoms with Gasteiger partial charge in [-0.2, -0.15) is 5.10 Å². The molecule has 8 nitrogen and oxygen atoms in total. The summed E-state index contributed by atoms with van der Waals surface area (Å²) in [7, 11) is 0. The molecule has 1 fully saturated rings. The molecule has 2 aromatic heterocycles. The quantitative estimate of drug-likeness (QED) is 0.761. The third-order valence-electron chi connectivity index (χ3n) is 3.52. The van der Waals surface area contributed by atoms with Gasteiger partial charge < -0.3 is 15.4 Å². The van der Waals surface area contributed by atoms with Crippen molar-refractivity contribution in [2.75, 3.05) is 25.0 Å². The van der Waals surface area contributed by atoms with Crippen molar-refractivity contribution in [1.29, 1.82) is 0 Å². The van der Waals surface area contributed by atoms with E-state index in [2.05, 4.69) is 25.7 Å². The highest BCUT2D eigenvalue weighted by molar-refractivity contribution is 5.80. The highest BCUT2D eigenvalue weighted by Gasteiger charge is 2.22. The SMILES string of the molecule is Cc1nc(NCCNC(=O)C2CCCO2)cc(-n2cccn2)n1. The van der Waals surface area contributed by atoms with Crippen molar-refractivity contribution in [3.8, 4) is 5.82 Å². The minimum atomic E-state index is -0.289. The van der Waals surface area contributed by atoms with Gasteiger partial charge in [-0.25, -0.2) is 14.6 Å². The Bertz CT molecular complexity index is 652. The van der Waals surface area contributed by atoms with E-state index in [-0.39, 0.29) is 12.0 Å². The number of nitrogens with zero attached hydrogens (tertiary/aromatic N) is 4. The largest absolute Gasteiger partial charge is 0.368 e. The molecule has 0 aliphatic carbocycles. The molecule has 0 saturated carbocycles. The number of hydrogen-bond donors (Lipinski definition) is 2. The lowest BCUT2D eigenvalue weighted by Gasteiger charge is -2.12. The van der Waals surface area contributed by atoms with Crippen molar-refractivity contribution in [2.24, 2.45) is 0 Å². The third kappa shape index (κ3) is 4.04. The number of ether oxygens (including phenoxy) is 1. The molecule has 2 N–H and O–H groups in total. The van der Waals surface area contributed by atoms with E-state index < -0.39 is 0 Å². The van der Waals surface area contributed by atoms with Crippen LogP contribution in [-0.4, -0.2) is 51.5 Å². The van der Waals surface area contributed by atoms with Gasteiger partial charge in [-0.1, -0.05) is 0 Å². The van der Waals surface area contributed by atoms with E-state index in [1.54, 1.807) is 10.9 Å². The Kier molecular flexibility index (Phi) is 4.82. The maximum atomic E-state index is 11.8. The van der Waals surface area contributed by atoms with E-state index in [4.69, 9.17) is 4.74 Å². The van der Waals surface area contributed by atoms with Crippen LogP contribution < -0.4 is 10.6 Å². The van der Waals surface area contributed by atoms with E-state index in [0.717, 1.165) is 12.8 Å². The topological polar surface area (TPSA) is 94.0 Å². The maximum Gasteiger partial charge on any atom is 0.249 e. The lowest BCUT2D eigenvalue weighted by molar-refractivity contribution is -0.129. The van der Waals surface area contributed by atoms with Crippen molar-refractivity contribution >= 4 is 11.7 Å². The number of aromatic nitrogens is 4. The van der Waals surface area contributed by atoms with Crippen LogP contribution in [0.15, 0.2) is 24.5 Å². The summed E-state index contributed by atoms with van der Waals surface area (Å²) in [6, 6.07) is 3.66. The summed E-state index contributed by atoms with van der Waals surface area (Å²) in [5.41, 5.74) is 0. The smallest absolute Gasteiger partial charge is 0.249 e. The number of nitrogens with one attached hydrogen (secondary N) is 2. The van der Waals surface area contributed by atoms with Gasteiger partial charge in [0.1, 0.15) is 17.7 Å². The molecule has 0 spiro atoms. The van der Waals surface area contributed by atoms with E-state index in [0.29, 0.717) is 37.2 Å². The predicted molar refractivity (Wildman–Crippen MR) is 84.4 cm³/mol. The second kappa shape index (κ2) is 7.19. The first-order chi connectivity index (χ1) is 11.2. The zero-order chi connectivity index (χ0) is 16.1. The minimum absolute atomic E-state index is 0.0413. The zero-order valence-corrected chi connectivity index (χ0v) is 13.0.